The molecule has 2 amide bonds. The number of thiophene rings is 1. The molecule has 0 saturated heterocycles. The first-order chi connectivity index (χ1) is 10.6. The largest absolute Gasteiger partial charge is 0.387 e. The molecular weight excluding hydrogens is 300 g/mol. The lowest BCUT2D eigenvalue weighted by Crippen LogP contribution is -2.38. The van der Waals surface area contributed by atoms with Gasteiger partial charge in [-0.15, -0.1) is 0 Å². The molecule has 3 N–H and O–H groups in total. The molecule has 22 heavy (non-hydrogen) atoms. The van der Waals surface area contributed by atoms with Crippen molar-refractivity contribution < 1.29 is 14.7 Å². The van der Waals surface area contributed by atoms with Gasteiger partial charge in [0.15, 0.2) is 0 Å². The molecule has 1 aromatic carbocycles. The lowest BCUT2D eigenvalue weighted by molar-refractivity contribution is -0.120. The second-order valence-corrected chi connectivity index (χ2v) is 5.65. The molecule has 0 spiro atoms. The maximum absolute atomic E-state index is 11.7. The molecule has 2 rings (SSSR count). The number of carbonyl (C=O) groups is 2. The minimum Gasteiger partial charge on any atom is -0.387 e. The Balaban J connectivity index is 1.76. The molecule has 5 nitrogen and oxygen atoms in total. The van der Waals surface area contributed by atoms with E-state index in [1.54, 1.807) is 16.8 Å². The zero-order valence-electron chi connectivity index (χ0n) is 12.2. The van der Waals surface area contributed by atoms with Crippen molar-refractivity contribution >= 4 is 23.2 Å². The number of carbonyl (C=O) groups excluding carboxylic acids is 2. The van der Waals surface area contributed by atoms with Gasteiger partial charge in [0.25, 0.3) is 5.91 Å². The van der Waals surface area contributed by atoms with Crippen LogP contribution in [-0.4, -0.2) is 30.0 Å². The van der Waals surface area contributed by atoms with Gasteiger partial charge in [0.05, 0.1) is 12.6 Å². The molecular formula is C16H18N2O3S. The molecule has 0 radical (unpaired) electrons. The van der Waals surface area contributed by atoms with Crippen molar-refractivity contribution in [2.24, 2.45) is 0 Å². The second-order valence-electron chi connectivity index (χ2n) is 4.87. The smallest absolute Gasteiger partial charge is 0.252 e. The summed E-state index contributed by atoms with van der Waals surface area (Å²) in [5.74, 6) is -0.618. The Bertz CT molecular complexity index is 641. The van der Waals surface area contributed by atoms with Crippen LogP contribution in [0.1, 0.15) is 27.6 Å². The van der Waals surface area contributed by atoms with E-state index in [1.165, 1.54) is 11.3 Å². The normalized spacial score (nSPS) is 11.7. The molecule has 0 bridgehead atoms. The summed E-state index contributed by atoms with van der Waals surface area (Å²) in [6.45, 7) is 1.90. The fourth-order valence-corrected chi connectivity index (χ4v) is 2.64. The van der Waals surface area contributed by atoms with Crippen molar-refractivity contribution in [3.05, 3.63) is 57.8 Å². The molecule has 1 unspecified atom stereocenters. The molecule has 0 aliphatic rings. The molecule has 1 heterocycles. The molecule has 1 aromatic heterocycles. The van der Waals surface area contributed by atoms with Crippen LogP contribution in [0.5, 0.6) is 0 Å². The number of aliphatic hydroxyl groups excluding tert-OH is 1. The van der Waals surface area contributed by atoms with Crippen LogP contribution >= 0.6 is 11.3 Å². The van der Waals surface area contributed by atoms with Crippen LogP contribution in [0.2, 0.25) is 0 Å². The van der Waals surface area contributed by atoms with Crippen molar-refractivity contribution in [2.45, 2.75) is 13.0 Å². The van der Waals surface area contributed by atoms with Crippen molar-refractivity contribution in [3.63, 3.8) is 0 Å². The van der Waals surface area contributed by atoms with Gasteiger partial charge < -0.3 is 15.7 Å². The standard InChI is InChI=1S/C16H18N2O3S/c1-11-4-2-3-5-13(11)14(19)8-17-15(20)9-18-16(21)12-6-7-22-10-12/h2-7,10,14,19H,8-9H2,1H3,(H,17,20)(H,18,21). The van der Waals surface area contributed by atoms with E-state index in [9.17, 15) is 14.7 Å². The van der Waals surface area contributed by atoms with Crippen molar-refractivity contribution in [1.82, 2.24) is 10.6 Å². The van der Waals surface area contributed by atoms with Crippen molar-refractivity contribution in [2.75, 3.05) is 13.1 Å². The van der Waals surface area contributed by atoms with Gasteiger partial charge in [-0.25, -0.2) is 0 Å². The summed E-state index contributed by atoms with van der Waals surface area (Å²) in [4.78, 5) is 23.4. The third-order valence-corrected chi connectivity index (χ3v) is 3.92. The Morgan fingerprint density at radius 1 is 1.23 bits per heavy atom. The molecule has 6 heteroatoms. The molecule has 0 fully saturated rings. The highest BCUT2D eigenvalue weighted by Crippen LogP contribution is 2.16. The quantitative estimate of drug-likeness (QED) is 0.757. The van der Waals surface area contributed by atoms with Gasteiger partial charge in [0.1, 0.15) is 0 Å². The van der Waals surface area contributed by atoms with Crippen LogP contribution in [0, 0.1) is 6.92 Å². The Kier molecular flexibility index (Phi) is 5.68. The lowest BCUT2D eigenvalue weighted by atomic mass is 10.0. The summed E-state index contributed by atoms with van der Waals surface area (Å²) in [6.07, 6.45) is -0.766. The first-order valence-electron chi connectivity index (χ1n) is 6.88. The average Bonchev–Trinajstić information content (AvgIpc) is 3.05. The van der Waals surface area contributed by atoms with E-state index in [1.807, 2.05) is 31.2 Å². The van der Waals surface area contributed by atoms with Gasteiger partial charge >= 0.3 is 0 Å². The second kappa shape index (κ2) is 7.72. The first kappa shape index (κ1) is 16.2. The Labute approximate surface area is 133 Å². The van der Waals surface area contributed by atoms with Crippen LogP contribution in [0.4, 0.5) is 0 Å². The number of nitrogens with one attached hydrogen (secondary N) is 2. The number of amides is 2. The van der Waals surface area contributed by atoms with E-state index in [0.29, 0.717) is 5.56 Å². The Morgan fingerprint density at radius 3 is 2.68 bits per heavy atom. The number of aliphatic hydroxyl groups is 1. The summed E-state index contributed by atoms with van der Waals surface area (Å²) >= 11 is 1.42. The van der Waals surface area contributed by atoms with Gasteiger partial charge in [-0.1, -0.05) is 24.3 Å². The van der Waals surface area contributed by atoms with E-state index in [-0.39, 0.29) is 24.9 Å². The van der Waals surface area contributed by atoms with E-state index >= 15 is 0 Å². The van der Waals surface area contributed by atoms with Gasteiger partial charge in [0.2, 0.25) is 5.91 Å². The minimum atomic E-state index is -0.766. The van der Waals surface area contributed by atoms with Crippen molar-refractivity contribution in [3.8, 4) is 0 Å². The molecule has 116 valence electrons. The summed E-state index contributed by atoms with van der Waals surface area (Å²) in [7, 11) is 0. The maximum atomic E-state index is 11.7. The van der Waals surface area contributed by atoms with Crippen molar-refractivity contribution in [1.29, 1.82) is 0 Å². The fourth-order valence-electron chi connectivity index (χ4n) is 2.00. The Hall–Kier alpha value is -2.18. The highest BCUT2D eigenvalue weighted by atomic mass is 32.1. The summed E-state index contributed by atoms with van der Waals surface area (Å²) in [5.41, 5.74) is 2.29. The highest BCUT2D eigenvalue weighted by molar-refractivity contribution is 7.08. The third kappa shape index (κ3) is 4.41. The van der Waals surface area contributed by atoms with Crippen LogP contribution < -0.4 is 10.6 Å². The zero-order valence-corrected chi connectivity index (χ0v) is 13.0. The van der Waals surface area contributed by atoms with Crippen LogP contribution in [0.3, 0.4) is 0 Å². The third-order valence-electron chi connectivity index (χ3n) is 3.23. The highest BCUT2D eigenvalue weighted by Gasteiger charge is 2.12. The molecule has 1 atom stereocenters. The molecule has 0 aliphatic carbocycles. The predicted molar refractivity (Wildman–Crippen MR) is 85.8 cm³/mol. The number of hydrogen-bond acceptors (Lipinski definition) is 4. The van der Waals surface area contributed by atoms with Gasteiger partial charge in [-0.2, -0.15) is 11.3 Å². The zero-order chi connectivity index (χ0) is 15.9. The first-order valence-corrected chi connectivity index (χ1v) is 7.83. The SMILES string of the molecule is Cc1ccccc1C(O)CNC(=O)CNC(=O)c1ccsc1. The summed E-state index contributed by atoms with van der Waals surface area (Å²) < 4.78 is 0. The van der Waals surface area contributed by atoms with Crippen LogP contribution in [-0.2, 0) is 4.79 Å². The van der Waals surface area contributed by atoms with E-state index < -0.39 is 6.10 Å². The van der Waals surface area contributed by atoms with Gasteiger partial charge in [0, 0.05) is 17.5 Å². The number of aryl methyl sites for hydroxylation is 1. The minimum absolute atomic E-state index is 0.109. The predicted octanol–water partition coefficient (Wildman–Crippen LogP) is 1.64. The van der Waals surface area contributed by atoms with E-state index in [2.05, 4.69) is 10.6 Å². The average molecular weight is 318 g/mol. The number of benzene rings is 1. The Morgan fingerprint density at radius 2 is 2.00 bits per heavy atom. The van der Waals surface area contributed by atoms with Gasteiger partial charge in [-0.3, -0.25) is 9.59 Å². The summed E-state index contributed by atoms with van der Waals surface area (Å²) in [6, 6.07) is 9.16. The maximum Gasteiger partial charge on any atom is 0.252 e. The molecule has 0 aliphatic heterocycles. The number of hydrogen-bond donors (Lipinski definition) is 3. The molecule has 0 saturated carbocycles. The van der Waals surface area contributed by atoms with Crippen LogP contribution in [0.25, 0.3) is 0 Å². The number of rotatable bonds is 6. The van der Waals surface area contributed by atoms with E-state index in [0.717, 1.165) is 11.1 Å². The van der Waals surface area contributed by atoms with Crippen LogP contribution in [0.15, 0.2) is 41.1 Å². The lowest BCUT2D eigenvalue weighted by Gasteiger charge is -2.14. The molecule has 2 aromatic rings. The summed E-state index contributed by atoms with van der Waals surface area (Å²) in [5, 5.41) is 18.7. The topological polar surface area (TPSA) is 78.4 Å². The fraction of sp³-hybridized carbons (Fsp3) is 0.250. The van der Waals surface area contributed by atoms with Gasteiger partial charge in [-0.05, 0) is 29.5 Å². The monoisotopic (exact) mass is 318 g/mol. The van der Waals surface area contributed by atoms with E-state index in [4.69, 9.17) is 0 Å².